The summed E-state index contributed by atoms with van der Waals surface area (Å²) in [4.78, 5) is 24.5. The zero-order valence-corrected chi connectivity index (χ0v) is 19.7. The maximum Gasteiger partial charge on any atom is 0.296 e. The number of carbonyl (C=O) groups excluding carboxylic acids is 1. The minimum absolute atomic E-state index is 0.215. The van der Waals surface area contributed by atoms with E-state index in [2.05, 4.69) is 4.98 Å². The molecule has 0 aliphatic rings. The molecule has 7 nitrogen and oxygen atoms in total. The predicted molar refractivity (Wildman–Crippen MR) is 133 cm³/mol. The lowest BCUT2D eigenvalue weighted by molar-refractivity contribution is 0.0960. The lowest BCUT2D eigenvalue weighted by Gasteiger charge is -2.18. The van der Waals surface area contributed by atoms with Crippen LogP contribution in [-0.2, 0) is 6.54 Å². The second kappa shape index (κ2) is 9.52. The number of anilines is 1. The molecule has 0 radical (unpaired) electrons. The minimum atomic E-state index is -0.298. The van der Waals surface area contributed by atoms with E-state index in [-0.39, 0.29) is 18.2 Å². The van der Waals surface area contributed by atoms with Gasteiger partial charge in [-0.25, -0.2) is 4.98 Å². The van der Waals surface area contributed by atoms with E-state index >= 15 is 0 Å². The SMILES string of the molecule is CCOc1ccc2nc(N(Cc3ccccn3)C(=O)c3cc4cccc(OCC)c4o3)sc2c1. The molecule has 5 aromatic rings. The average Bonchev–Trinajstić information content (AvgIpc) is 3.48. The molecule has 0 unspecified atom stereocenters. The van der Waals surface area contributed by atoms with Crippen molar-refractivity contribution in [2.45, 2.75) is 20.4 Å². The summed E-state index contributed by atoms with van der Waals surface area (Å²) in [6, 6.07) is 18.7. The van der Waals surface area contributed by atoms with Crippen molar-refractivity contribution in [2.24, 2.45) is 0 Å². The smallest absolute Gasteiger partial charge is 0.296 e. The molecular formula is C26H23N3O4S. The summed E-state index contributed by atoms with van der Waals surface area (Å²) in [6.07, 6.45) is 1.71. The molecule has 2 aromatic carbocycles. The molecule has 172 valence electrons. The van der Waals surface area contributed by atoms with Gasteiger partial charge in [0.15, 0.2) is 22.2 Å². The van der Waals surface area contributed by atoms with Crippen molar-refractivity contribution >= 4 is 43.6 Å². The number of amides is 1. The molecule has 0 aliphatic heterocycles. The van der Waals surface area contributed by atoms with Gasteiger partial charge in [0.05, 0.1) is 35.7 Å². The normalized spacial score (nSPS) is 11.1. The van der Waals surface area contributed by atoms with Crippen molar-refractivity contribution in [3.8, 4) is 11.5 Å². The molecule has 1 amide bonds. The summed E-state index contributed by atoms with van der Waals surface area (Å²) in [6.45, 7) is 5.20. The van der Waals surface area contributed by atoms with Gasteiger partial charge < -0.3 is 13.9 Å². The van der Waals surface area contributed by atoms with Crippen LogP contribution in [0.3, 0.4) is 0 Å². The number of nitrogens with zero attached hydrogens (tertiary/aromatic N) is 3. The summed E-state index contributed by atoms with van der Waals surface area (Å²) in [5, 5.41) is 1.36. The van der Waals surface area contributed by atoms with Crippen LogP contribution in [0.15, 0.2) is 71.3 Å². The molecule has 0 bridgehead atoms. The van der Waals surface area contributed by atoms with Crippen LogP contribution in [0.1, 0.15) is 30.1 Å². The highest BCUT2D eigenvalue weighted by molar-refractivity contribution is 7.22. The zero-order valence-electron chi connectivity index (χ0n) is 18.9. The Balaban J connectivity index is 1.56. The van der Waals surface area contributed by atoms with Gasteiger partial charge in [0.1, 0.15) is 5.75 Å². The van der Waals surface area contributed by atoms with Gasteiger partial charge in [-0.05, 0) is 56.3 Å². The van der Waals surface area contributed by atoms with Crippen LogP contribution in [0, 0.1) is 0 Å². The quantitative estimate of drug-likeness (QED) is 0.272. The monoisotopic (exact) mass is 473 g/mol. The number of aromatic nitrogens is 2. The maximum atomic E-state index is 13.7. The van der Waals surface area contributed by atoms with E-state index in [9.17, 15) is 4.79 Å². The molecule has 0 aliphatic carbocycles. The molecule has 34 heavy (non-hydrogen) atoms. The Morgan fingerprint density at radius 1 is 1.03 bits per heavy atom. The van der Waals surface area contributed by atoms with E-state index in [4.69, 9.17) is 18.9 Å². The Morgan fingerprint density at radius 3 is 2.71 bits per heavy atom. The Kier molecular flexibility index (Phi) is 6.14. The van der Waals surface area contributed by atoms with E-state index in [0.29, 0.717) is 29.7 Å². The van der Waals surface area contributed by atoms with Gasteiger partial charge in [-0.3, -0.25) is 14.7 Å². The molecule has 5 rings (SSSR count). The standard InChI is InChI=1S/C26H23N3O4S/c1-3-31-19-11-12-20-23(15-19)34-26(28-20)29(16-18-9-5-6-13-27-18)25(30)22-14-17-8-7-10-21(32-4-2)24(17)33-22/h5-15H,3-4,16H2,1-2H3. The third-order valence-corrected chi connectivity index (χ3v) is 6.24. The largest absolute Gasteiger partial charge is 0.494 e. The fourth-order valence-corrected chi connectivity index (χ4v) is 4.68. The number of ether oxygens (including phenoxy) is 2. The fraction of sp³-hybridized carbons (Fsp3) is 0.192. The summed E-state index contributed by atoms with van der Waals surface area (Å²) >= 11 is 1.43. The molecule has 0 fully saturated rings. The van der Waals surface area contributed by atoms with Gasteiger partial charge in [0.25, 0.3) is 5.91 Å². The Hall–Kier alpha value is -3.91. The number of thiazole rings is 1. The highest BCUT2D eigenvalue weighted by Gasteiger charge is 2.26. The van der Waals surface area contributed by atoms with E-state index in [1.54, 1.807) is 17.2 Å². The Labute approximate surface area is 200 Å². The highest BCUT2D eigenvalue weighted by atomic mass is 32.1. The van der Waals surface area contributed by atoms with Crippen LogP contribution in [0.4, 0.5) is 5.13 Å². The van der Waals surface area contributed by atoms with Gasteiger partial charge in [-0.15, -0.1) is 0 Å². The number of hydrogen-bond donors (Lipinski definition) is 0. The third-order valence-electron chi connectivity index (χ3n) is 5.20. The summed E-state index contributed by atoms with van der Waals surface area (Å²) in [5.74, 6) is 1.30. The second-order valence-electron chi connectivity index (χ2n) is 7.49. The zero-order chi connectivity index (χ0) is 23.5. The van der Waals surface area contributed by atoms with Gasteiger partial charge >= 0.3 is 0 Å². The number of para-hydroxylation sites is 1. The van der Waals surface area contributed by atoms with Crippen LogP contribution in [0.2, 0.25) is 0 Å². The average molecular weight is 474 g/mol. The van der Waals surface area contributed by atoms with E-state index in [1.807, 2.05) is 68.4 Å². The first-order valence-corrected chi connectivity index (χ1v) is 11.9. The minimum Gasteiger partial charge on any atom is -0.494 e. The van der Waals surface area contributed by atoms with Crippen molar-refractivity contribution < 1.29 is 18.7 Å². The lowest BCUT2D eigenvalue weighted by atomic mass is 10.2. The highest BCUT2D eigenvalue weighted by Crippen LogP contribution is 2.34. The second-order valence-corrected chi connectivity index (χ2v) is 8.50. The van der Waals surface area contributed by atoms with Gasteiger partial charge in [0, 0.05) is 11.6 Å². The molecule has 0 saturated carbocycles. The predicted octanol–water partition coefficient (Wildman–Crippen LogP) is 6.08. The molecule has 0 spiro atoms. The number of fused-ring (bicyclic) bond motifs is 2. The first kappa shape index (κ1) is 21.9. The summed E-state index contributed by atoms with van der Waals surface area (Å²) < 4.78 is 18.2. The van der Waals surface area contributed by atoms with E-state index < -0.39 is 0 Å². The van der Waals surface area contributed by atoms with Crippen LogP contribution < -0.4 is 14.4 Å². The lowest BCUT2D eigenvalue weighted by Crippen LogP contribution is -2.30. The van der Waals surface area contributed by atoms with Gasteiger partial charge in [-0.2, -0.15) is 0 Å². The van der Waals surface area contributed by atoms with Crippen molar-refractivity contribution in [1.29, 1.82) is 0 Å². The number of rotatable bonds is 8. The molecule has 3 heterocycles. The fourth-order valence-electron chi connectivity index (χ4n) is 3.69. The van der Waals surface area contributed by atoms with Crippen LogP contribution in [-0.4, -0.2) is 29.1 Å². The Morgan fingerprint density at radius 2 is 1.91 bits per heavy atom. The molecule has 0 atom stereocenters. The van der Waals surface area contributed by atoms with E-state index in [0.717, 1.165) is 27.0 Å². The summed E-state index contributed by atoms with van der Waals surface area (Å²) in [7, 11) is 0. The number of furan rings is 1. The molecular weight excluding hydrogens is 450 g/mol. The van der Waals surface area contributed by atoms with Crippen molar-refractivity contribution in [3.63, 3.8) is 0 Å². The molecule has 3 aromatic heterocycles. The maximum absolute atomic E-state index is 13.7. The number of benzene rings is 2. The first-order valence-electron chi connectivity index (χ1n) is 11.1. The van der Waals surface area contributed by atoms with Crippen molar-refractivity contribution in [2.75, 3.05) is 18.1 Å². The topological polar surface area (TPSA) is 77.7 Å². The molecule has 8 heteroatoms. The van der Waals surface area contributed by atoms with Crippen molar-refractivity contribution in [3.05, 3.63) is 78.3 Å². The van der Waals surface area contributed by atoms with Crippen LogP contribution in [0.25, 0.3) is 21.2 Å². The Bertz CT molecular complexity index is 1440. The van der Waals surface area contributed by atoms with Crippen LogP contribution >= 0.6 is 11.3 Å². The van der Waals surface area contributed by atoms with E-state index in [1.165, 1.54) is 11.3 Å². The molecule has 0 saturated heterocycles. The third kappa shape index (κ3) is 4.32. The molecule has 0 N–H and O–H groups in total. The van der Waals surface area contributed by atoms with Crippen molar-refractivity contribution in [1.82, 2.24) is 9.97 Å². The van der Waals surface area contributed by atoms with Gasteiger partial charge in [0.2, 0.25) is 0 Å². The van der Waals surface area contributed by atoms with Crippen LogP contribution in [0.5, 0.6) is 11.5 Å². The number of hydrogen-bond acceptors (Lipinski definition) is 7. The number of carbonyl (C=O) groups is 1. The van der Waals surface area contributed by atoms with Gasteiger partial charge in [-0.1, -0.05) is 29.5 Å². The summed E-state index contributed by atoms with van der Waals surface area (Å²) in [5.41, 5.74) is 2.10. The first-order chi connectivity index (χ1) is 16.7. The number of pyridine rings is 1.